The van der Waals surface area contributed by atoms with Gasteiger partial charge in [-0.1, -0.05) is 12.1 Å². The van der Waals surface area contributed by atoms with Crippen molar-refractivity contribution in [2.24, 2.45) is 10.2 Å². The van der Waals surface area contributed by atoms with Crippen molar-refractivity contribution < 1.29 is 19.1 Å². The first kappa shape index (κ1) is 15.7. The van der Waals surface area contributed by atoms with Crippen molar-refractivity contribution in [1.82, 2.24) is 0 Å². The van der Waals surface area contributed by atoms with E-state index in [4.69, 9.17) is 4.74 Å². The Morgan fingerprint density at radius 2 is 1.85 bits per heavy atom. The van der Waals surface area contributed by atoms with Crippen LogP contribution in [0.5, 0.6) is 0 Å². The fourth-order valence-electron chi connectivity index (χ4n) is 1.49. The minimum absolute atomic E-state index is 0.155. The Hall–Kier alpha value is -2.37. The van der Waals surface area contributed by atoms with Gasteiger partial charge < -0.3 is 4.74 Å². The number of benzene rings is 1. The predicted molar refractivity (Wildman–Crippen MR) is 72.1 cm³/mol. The number of ketones is 2. The zero-order valence-corrected chi connectivity index (χ0v) is 11.6. The highest BCUT2D eigenvalue weighted by molar-refractivity contribution is 6.02. The lowest BCUT2D eigenvalue weighted by molar-refractivity contribution is -0.147. The maximum atomic E-state index is 11.6. The fraction of sp³-hybridized carbons (Fsp3) is 0.357. The van der Waals surface area contributed by atoms with Crippen LogP contribution in [0.1, 0.15) is 31.1 Å². The highest BCUT2D eigenvalue weighted by Crippen LogP contribution is 2.20. The van der Waals surface area contributed by atoms with Gasteiger partial charge in [-0.25, -0.2) is 4.79 Å². The molecule has 0 bridgehead atoms. The van der Waals surface area contributed by atoms with Crippen molar-refractivity contribution in [2.45, 2.75) is 26.8 Å². The molecule has 0 radical (unpaired) electrons. The average molecular weight is 276 g/mol. The van der Waals surface area contributed by atoms with Crippen molar-refractivity contribution in [2.75, 3.05) is 6.61 Å². The summed E-state index contributed by atoms with van der Waals surface area (Å²) in [6.07, 6.45) is 0. The lowest BCUT2D eigenvalue weighted by Gasteiger charge is -2.07. The number of azo groups is 1. The third-order valence-electron chi connectivity index (χ3n) is 2.46. The number of carbonyl (C=O) groups excluding carboxylic acids is 3. The lowest BCUT2D eigenvalue weighted by atomic mass is 10.1. The van der Waals surface area contributed by atoms with Crippen LogP contribution >= 0.6 is 0 Å². The van der Waals surface area contributed by atoms with Gasteiger partial charge in [0.25, 0.3) is 0 Å². The minimum atomic E-state index is -1.30. The average Bonchev–Trinajstić information content (AvgIpc) is 2.39. The topological polar surface area (TPSA) is 85.2 Å². The summed E-state index contributed by atoms with van der Waals surface area (Å²) in [5.74, 6) is -1.38. The second-order valence-electron chi connectivity index (χ2n) is 4.05. The Kier molecular flexibility index (Phi) is 5.71. The molecular formula is C14H16N2O4. The van der Waals surface area contributed by atoms with Crippen LogP contribution in [0.25, 0.3) is 0 Å². The molecule has 106 valence electrons. The van der Waals surface area contributed by atoms with Crippen LogP contribution in [0.15, 0.2) is 34.5 Å². The highest BCUT2D eigenvalue weighted by atomic mass is 16.5. The van der Waals surface area contributed by atoms with Gasteiger partial charge in [0, 0.05) is 5.56 Å². The van der Waals surface area contributed by atoms with Crippen molar-refractivity contribution in [3.05, 3.63) is 29.8 Å². The van der Waals surface area contributed by atoms with E-state index in [1.54, 1.807) is 31.2 Å². The quantitative estimate of drug-likeness (QED) is 0.346. The molecule has 1 aromatic carbocycles. The summed E-state index contributed by atoms with van der Waals surface area (Å²) in [6, 6.07) is 5.28. The molecule has 6 nitrogen and oxygen atoms in total. The number of hydrogen-bond donors (Lipinski definition) is 0. The van der Waals surface area contributed by atoms with Crippen LogP contribution in [0.3, 0.4) is 0 Å². The molecule has 0 aliphatic rings. The maximum Gasteiger partial charge on any atom is 0.340 e. The molecule has 1 rings (SSSR count). The van der Waals surface area contributed by atoms with Gasteiger partial charge in [0.2, 0.25) is 6.04 Å². The zero-order chi connectivity index (χ0) is 15.1. The smallest absolute Gasteiger partial charge is 0.340 e. The first-order valence-electron chi connectivity index (χ1n) is 6.15. The summed E-state index contributed by atoms with van der Waals surface area (Å²) in [5.41, 5.74) is 0.693. The molecule has 1 aromatic rings. The Labute approximate surface area is 116 Å². The lowest BCUT2D eigenvalue weighted by Crippen LogP contribution is -2.28. The second-order valence-corrected chi connectivity index (χ2v) is 4.05. The van der Waals surface area contributed by atoms with Crippen molar-refractivity contribution in [3.8, 4) is 0 Å². The van der Waals surface area contributed by atoms with Gasteiger partial charge in [-0.15, -0.1) is 0 Å². The van der Waals surface area contributed by atoms with Gasteiger partial charge in [-0.2, -0.15) is 10.2 Å². The van der Waals surface area contributed by atoms with E-state index in [9.17, 15) is 14.4 Å². The SMILES string of the molecule is CCOC(=O)C(N=Nc1ccccc1C(C)=O)C(C)=O. The van der Waals surface area contributed by atoms with E-state index in [0.717, 1.165) is 0 Å². The zero-order valence-electron chi connectivity index (χ0n) is 11.6. The third kappa shape index (κ3) is 4.08. The molecule has 0 spiro atoms. The first-order chi connectivity index (χ1) is 9.47. The van der Waals surface area contributed by atoms with E-state index in [0.29, 0.717) is 11.3 Å². The van der Waals surface area contributed by atoms with Crippen molar-refractivity contribution >= 4 is 23.2 Å². The number of carbonyl (C=O) groups is 3. The molecule has 0 heterocycles. The van der Waals surface area contributed by atoms with Crippen LogP contribution < -0.4 is 0 Å². The predicted octanol–water partition coefficient (Wildman–Crippen LogP) is 2.49. The molecular weight excluding hydrogens is 260 g/mol. The molecule has 0 aliphatic heterocycles. The summed E-state index contributed by atoms with van der Waals surface area (Å²) >= 11 is 0. The molecule has 0 saturated carbocycles. The molecule has 1 unspecified atom stereocenters. The van der Waals surface area contributed by atoms with Gasteiger partial charge in [-0.05, 0) is 32.9 Å². The van der Waals surface area contributed by atoms with Crippen LogP contribution in [-0.4, -0.2) is 30.2 Å². The normalized spacial score (nSPS) is 12.2. The van der Waals surface area contributed by atoms with Crippen molar-refractivity contribution in [3.63, 3.8) is 0 Å². The molecule has 20 heavy (non-hydrogen) atoms. The van der Waals surface area contributed by atoms with Crippen molar-refractivity contribution in [1.29, 1.82) is 0 Å². The van der Waals surface area contributed by atoms with Gasteiger partial charge >= 0.3 is 5.97 Å². The number of nitrogens with zero attached hydrogens (tertiary/aromatic N) is 2. The number of hydrogen-bond acceptors (Lipinski definition) is 6. The Morgan fingerprint density at radius 1 is 1.20 bits per heavy atom. The summed E-state index contributed by atoms with van der Waals surface area (Å²) in [7, 11) is 0. The molecule has 6 heteroatoms. The minimum Gasteiger partial charge on any atom is -0.464 e. The van der Waals surface area contributed by atoms with E-state index in [1.165, 1.54) is 13.8 Å². The summed E-state index contributed by atoms with van der Waals surface area (Å²) in [4.78, 5) is 34.4. The van der Waals surface area contributed by atoms with Gasteiger partial charge in [0.05, 0.1) is 12.3 Å². The van der Waals surface area contributed by atoms with E-state index in [2.05, 4.69) is 10.2 Å². The Balaban J connectivity index is 3.02. The monoisotopic (exact) mass is 276 g/mol. The van der Waals surface area contributed by atoms with E-state index < -0.39 is 17.8 Å². The number of esters is 1. The number of Topliss-reactive ketones (excluding diaryl/α,β-unsaturated/α-hetero) is 2. The summed E-state index contributed by atoms with van der Waals surface area (Å²) < 4.78 is 4.75. The van der Waals surface area contributed by atoms with E-state index in [-0.39, 0.29) is 12.4 Å². The van der Waals surface area contributed by atoms with Gasteiger partial charge in [0.1, 0.15) is 0 Å². The van der Waals surface area contributed by atoms with Gasteiger partial charge in [-0.3, -0.25) is 9.59 Å². The van der Waals surface area contributed by atoms with E-state index >= 15 is 0 Å². The fourth-order valence-corrected chi connectivity index (χ4v) is 1.49. The molecule has 0 aliphatic carbocycles. The molecule has 0 amide bonds. The Morgan fingerprint density at radius 3 is 2.40 bits per heavy atom. The van der Waals surface area contributed by atoms with Gasteiger partial charge in [0.15, 0.2) is 11.6 Å². The molecule has 0 saturated heterocycles. The second kappa shape index (κ2) is 7.28. The Bertz CT molecular complexity index is 552. The van der Waals surface area contributed by atoms with Crippen LogP contribution in [0.2, 0.25) is 0 Å². The first-order valence-corrected chi connectivity index (χ1v) is 6.15. The largest absolute Gasteiger partial charge is 0.464 e. The summed E-state index contributed by atoms with van der Waals surface area (Å²) in [6.45, 7) is 4.43. The standard InChI is InChI=1S/C14H16N2O4/c1-4-20-14(19)13(10(3)18)16-15-12-8-6-5-7-11(12)9(2)17/h5-8,13H,4H2,1-3H3. The maximum absolute atomic E-state index is 11.6. The van der Waals surface area contributed by atoms with E-state index in [1.807, 2.05) is 0 Å². The third-order valence-corrected chi connectivity index (χ3v) is 2.46. The molecule has 0 N–H and O–H groups in total. The molecule has 0 aromatic heterocycles. The van der Waals surface area contributed by atoms with Crippen LogP contribution in [0, 0.1) is 0 Å². The molecule has 1 atom stereocenters. The van der Waals surface area contributed by atoms with Crippen LogP contribution in [-0.2, 0) is 14.3 Å². The summed E-state index contributed by atoms with van der Waals surface area (Å²) in [5, 5.41) is 7.54. The molecule has 0 fully saturated rings. The highest BCUT2D eigenvalue weighted by Gasteiger charge is 2.24. The number of rotatable bonds is 6. The number of ether oxygens (including phenoxy) is 1. The van der Waals surface area contributed by atoms with Crippen LogP contribution in [0.4, 0.5) is 5.69 Å².